The summed E-state index contributed by atoms with van der Waals surface area (Å²) in [4.78, 5) is 0. The predicted octanol–water partition coefficient (Wildman–Crippen LogP) is 4.12. The fourth-order valence-electron chi connectivity index (χ4n) is 3.38. The zero-order chi connectivity index (χ0) is 14.7. The molecule has 3 rings (SSSR count). The van der Waals surface area contributed by atoms with Gasteiger partial charge in [0.15, 0.2) is 5.22 Å². The molecular weight excluding hydrogens is 286 g/mol. The van der Waals surface area contributed by atoms with Crippen molar-refractivity contribution in [1.82, 2.24) is 5.32 Å². The fourth-order valence-corrected chi connectivity index (χ4v) is 3.63. The first-order chi connectivity index (χ1) is 10.2. The van der Waals surface area contributed by atoms with E-state index in [0.717, 1.165) is 35.9 Å². The number of halogens is 1. The third kappa shape index (κ3) is 3.10. The van der Waals surface area contributed by atoms with Gasteiger partial charge in [-0.25, -0.2) is 0 Å². The van der Waals surface area contributed by atoms with Crippen LogP contribution in [0.1, 0.15) is 37.7 Å². The molecule has 0 radical (unpaired) electrons. The fraction of sp³-hybridized carbons (Fsp3) is 0.529. The van der Waals surface area contributed by atoms with E-state index in [1.165, 1.54) is 19.3 Å². The standard InChI is InChI=1S/C17H22ClNO2/c18-16-14(13-6-2-3-7-15(13)21-16)10-19-11-17(12-20)8-4-1-5-9-17/h2-3,6-7,19-20H,1,4-5,8-12H2. The van der Waals surface area contributed by atoms with Gasteiger partial charge in [0.25, 0.3) is 0 Å². The van der Waals surface area contributed by atoms with Crippen LogP contribution in [0.4, 0.5) is 0 Å². The maximum atomic E-state index is 9.74. The molecule has 3 nitrogen and oxygen atoms in total. The minimum atomic E-state index is 0.0459. The lowest BCUT2D eigenvalue weighted by atomic mass is 9.74. The summed E-state index contributed by atoms with van der Waals surface area (Å²) in [6, 6.07) is 7.90. The summed E-state index contributed by atoms with van der Waals surface area (Å²) in [7, 11) is 0. The van der Waals surface area contributed by atoms with E-state index in [1.54, 1.807) is 0 Å². The monoisotopic (exact) mass is 307 g/mol. The highest BCUT2D eigenvalue weighted by Crippen LogP contribution is 2.35. The first-order valence-corrected chi connectivity index (χ1v) is 8.09. The molecule has 0 spiro atoms. The summed E-state index contributed by atoms with van der Waals surface area (Å²) < 4.78 is 5.57. The van der Waals surface area contributed by atoms with Crippen LogP contribution in [-0.4, -0.2) is 18.3 Å². The Balaban J connectivity index is 1.67. The molecule has 1 saturated carbocycles. The molecule has 0 bridgehead atoms. The number of hydrogen-bond acceptors (Lipinski definition) is 3. The molecule has 4 heteroatoms. The van der Waals surface area contributed by atoms with E-state index in [4.69, 9.17) is 16.0 Å². The van der Waals surface area contributed by atoms with Crippen LogP contribution in [-0.2, 0) is 6.54 Å². The van der Waals surface area contributed by atoms with Gasteiger partial charge < -0.3 is 14.8 Å². The Bertz CT molecular complexity index is 602. The Labute approximate surface area is 130 Å². The lowest BCUT2D eigenvalue weighted by Crippen LogP contribution is -2.38. The van der Waals surface area contributed by atoms with Gasteiger partial charge in [-0.1, -0.05) is 37.5 Å². The topological polar surface area (TPSA) is 45.4 Å². The lowest BCUT2D eigenvalue weighted by Gasteiger charge is -2.35. The van der Waals surface area contributed by atoms with Crippen molar-refractivity contribution in [2.24, 2.45) is 5.41 Å². The van der Waals surface area contributed by atoms with Crippen molar-refractivity contribution in [2.75, 3.05) is 13.2 Å². The van der Waals surface area contributed by atoms with Gasteiger partial charge in [-0.3, -0.25) is 0 Å². The predicted molar refractivity (Wildman–Crippen MR) is 85.5 cm³/mol. The zero-order valence-electron chi connectivity index (χ0n) is 12.2. The van der Waals surface area contributed by atoms with E-state index in [0.29, 0.717) is 11.8 Å². The van der Waals surface area contributed by atoms with Crippen LogP contribution in [0.5, 0.6) is 0 Å². The van der Waals surface area contributed by atoms with Crippen molar-refractivity contribution in [3.63, 3.8) is 0 Å². The van der Waals surface area contributed by atoms with Gasteiger partial charge in [0, 0.05) is 36.1 Å². The molecule has 1 fully saturated rings. The van der Waals surface area contributed by atoms with Crippen LogP contribution in [0.15, 0.2) is 28.7 Å². The maximum Gasteiger partial charge on any atom is 0.199 e. The van der Waals surface area contributed by atoms with Crippen molar-refractivity contribution in [2.45, 2.75) is 38.6 Å². The number of furan rings is 1. The number of para-hydroxylation sites is 1. The van der Waals surface area contributed by atoms with Crippen LogP contribution in [0, 0.1) is 5.41 Å². The largest absolute Gasteiger partial charge is 0.444 e. The highest BCUT2D eigenvalue weighted by Gasteiger charge is 2.31. The average molecular weight is 308 g/mol. The van der Waals surface area contributed by atoms with Gasteiger partial charge in [-0.15, -0.1) is 0 Å². The molecule has 0 aliphatic heterocycles. The third-order valence-corrected chi connectivity index (χ3v) is 5.01. The van der Waals surface area contributed by atoms with Gasteiger partial charge in [0.05, 0.1) is 0 Å². The molecule has 1 aromatic heterocycles. The number of nitrogens with one attached hydrogen (secondary N) is 1. The molecule has 0 atom stereocenters. The summed E-state index contributed by atoms with van der Waals surface area (Å²) >= 11 is 6.20. The van der Waals surface area contributed by atoms with Crippen LogP contribution in [0.2, 0.25) is 5.22 Å². The Morgan fingerprint density at radius 3 is 2.71 bits per heavy atom. The van der Waals surface area contributed by atoms with Crippen molar-refractivity contribution in [3.05, 3.63) is 35.0 Å². The van der Waals surface area contributed by atoms with E-state index >= 15 is 0 Å². The highest BCUT2D eigenvalue weighted by atomic mass is 35.5. The van der Waals surface area contributed by atoms with Crippen molar-refractivity contribution in [3.8, 4) is 0 Å². The number of rotatable bonds is 5. The molecule has 1 aromatic carbocycles. The van der Waals surface area contributed by atoms with E-state index in [1.807, 2.05) is 24.3 Å². The molecule has 0 amide bonds. The van der Waals surface area contributed by atoms with Crippen LogP contribution >= 0.6 is 11.6 Å². The van der Waals surface area contributed by atoms with Gasteiger partial charge in [-0.05, 0) is 30.5 Å². The van der Waals surface area contributed by atoms with Crippen molar-refractivity contribution < 1.29 is 9.52 Å². The average Bonchev–Trinajstić information content (AvgIpc) is 2.84. The van der Waals surface area contributed by atoms with E-state index in [9.17, 15) is 5.11 Å². The first-order valence-electron chi connectivity index (χ1n) is 7.72. The summed E-state index contributed by atoms with van der Waals surface area (Å²) in [5.41, 5.74) is 1.88. The normalized spacial score (nSPS) is 18.2. The summed E-state index contributed by atoms with van der Waals surface area (Å²) in [5, 5.41) is 14.7. The third-order valence-electron chi connectivity index (χ3n) is 4.70. The second-order valence-corrected chi connectivity index (χ2v) is 6.52. The lowest BCUT2D eigenvalue weighted by molar-refractivity contribution is 0.0811. The Morgan fingerprint density at radius 2 is 1.95 bits per heavy atom. The molecule has 1 heterocycles. The van der Waals surface area contributed by atoms with E-state index in [-0.39, 0.29) is 12.0 Å². The van der Waals surface area contributed by atoms with E-state index < -0.39 is 0 Å². The van der Waals surface area contributed by atoms with E-state index in [2.05, 4.69) is 5.32 Å². The quantitative estimate of drug-likeness (QED) is 0.873. The Morgan fingerprint density at radius 1 is 1.19 bits per heavy atom. The van der Waals surface area contributed by atoms with Gasteiger partial charge in [0.1, 0.15) is 5.58 Å². The van der Waals surface area contributed by atoms with Gasteiger partial charge in [0.2, 0.25) is 0 Å². The molecule has 1 aliphatic carbocycles. The van der Waals surface area contributed by atoms with Crippen molar-refractivity contribution >= 4 is 22.6 Å². The first kappa shape index (κ1) is 14.9. The second kappa shape index (κ2) is 6.39. The SMILES string of the molecule is OCC1(CNCc2c(Cl)oc3ccccc23)CCCCC1. The molecule has 0 saturated heterocycles. The molecule has 2 N–H and O–H groups in total. The Hall–Kier alpha value is -1.03. The second-order valence-electron chi connectivity index (χ2n) is 6.17. The van der Waals surface area contributed by atoms with Gasteiger partial charge in [-0.2, -0.15) is 0 Å². The summed E-state index contributed by atoms with van der Waals surface area (Å²) in [6.45, 7) is 1.77. The molecule has 1 aliphatic rings. The van der Waals surface area contributed by atoms with Crippen LogP contribution < -0.4 is 5.32 Å². The van der Waals surface area contributed by atoms with Gasteiger partial charge >= 0.3 is 0 Å². The van der Waals surface area contributed by atoms with Crippen molar-refractivity contribution in [1.29, 1.82) is 0 Å². The van der Waals surface area contributed by atoms with Crippen LogP contribution in [0.3, 0.4) is 0 Å². The summed E-state index contributed by atoms with van der Waals surface area (Å²) in [6.07, 6.45) is 5.95. The Kier molecular flexibility index (Phi) is 4.53. The smallest absolute Gasteiger partial charge is 0.199 e. The minimum Gasteiger partial charge on any atom is -0.444 e. The number of fused-ring (bicyclic) bond motifs is 1. The minimum absolute atomic E-state index is 0.0459. The molecular formula is C17H22ClNO2. The maximum absolute atomic E-state index is 9.74. The zero-order valence-corrected chi connectivity index (χ0v) is 13.0. The highest BCUT2D eigenvalue weighted by molar-refractivity contribution is 6.30. The van der Waals surface area contributed by atoms with Crippen LogP contribution in [0.25, 0.3) is 11.0 Å². The number of hydrogen-bond donors (Lipinski definition) is 2. The number of aliphatic hydroxyl groups is 1. The molecule has 2 aromatic rings. The molecule has 21 heavy (non-hydrogen) atoms. The summed E-state index contributed by atoms with van der Waals surface area (Å²) in [5.74, 6) is 0. The number of aliphatic hydroxyl groups excluding tert-OH is 1. The number of benzene rings is 1. The molecule has 114 valence electrons. The molecule has 0 unspecified atom stereocenters.